The van der Waals surface area contributed by atoms with Gasteiger partial charge < -0.3 is 10.6 Å². The zero-order chi connectivity index (χ0) is 18.4. The average molecular weight is 415 g/mol. The smallest absolute Gasteiger partial charge is 0.344 e. The summed E-state index contributed by atoms with van der Waals surface area (Å²) in [5.74, 6) is -2.26. The van der Waals surface area contributed by atoms with Crippen molar-refractivity contribution >= 4 is 33.4 Å². The van der Waals surface area contributed by atoms with Crippen LogP contribution in [0.2, 0.25) is 0 Å². The first-order chi connectivity index (χ1) is 11.8. The summed E-state index contributed by atoms with van der Waals surface area (Å²) in [5, 5.41) is 4.47. The third kappa shape index (κ3) is 5.90. The highest BCUT2D eigenvalue weighted by Gasteiger charge is 2.38. The highest BCUT2D eigenvalue weighted by atomic mass is 79.9. The van der Waals surface area contributed by atoms with Gasteiger partial charge in [0, 0.05) is 16.7 Å². The Morgan fingerprint density at radius 2 is 1.76 bits per heavy atom. The van der Waals surface area contributed by atoms with E-state index in [-0.39, 0.29) is 18.9 Å². The van der Waals surface area contributed by atoms with Crippen LogP contribution in [-0.4, -0.2) is 18.0 Å². The van der Waals surface area contributed by atoms with E-state index in [1.165, 1.54) is 6.07 Å². The summed E-state index contributed by atoms with van der Waals surface area (Å²) in [6.45, 7) is -0.285. The second-order valence-corrected chi connectivity index (χ2v) is 6.05. The van der Waals surface area contributed by atoms with Gasteiger partial charge in [0.05, 0.1) is 6.42 Å². The highest BCUT2D eigenvalue weighted by Crippen LogP contribution is 2.18. The predicted octanol–water partition coefficient (Wildman–Crippen LogP) is 3.81. The molecule has 2 N–H and O–H groups in total. The van der Waals surface area contributed by atoms with Crippen molar-refractivity contribution < 1.29 is 22.8 Å². The number of hydrogen-bond donors (Lipinski definition) is 2. The minimum Gasteiger partial charge on any atom is -0.344 e. The molecular weight excluding hydrogens is 401 g/mol. The van der Waals surface area contributed by atoms with Gasteiger partial charge in [-0.15, -0.1) is 0 Å². The normalized spacial score (nSPS) is 11.0. The van der Waals surface area contributed by atoms with Crippen molar-refractivity contribution in [2.45, 2.75) is 19.1 Å². The van der Waals surface area contributed by atoms with Gasteiger partial charge in [-0.3, -0.25) is 9.59 Å². The van der Waals surface area contributed by atoms with E-state index in [0.717, 1.165) is 10.0 Å². The van der Waals surface area contributed by atoms with Crippen LogP contribution in [0.15, 0.2) is 53.0 Å². The summed E-state index contributed by atoms with van der Waals surface area (Å²) in [4.78, 5) is 22.9. The molecule has 2 rings (SSSR count). The molecule has 0 aliphatic carbocycles. The lowest BCUT2D eigenvalue weighted by atomic mass is 10.1. The topological polar surface area (TPSA) is 58.2 Å². The lowest BCUT2D eigenvalue weighted by Gasteiger charge is -2.10. The zero-order valence-electron chi connectivity index (χ0n) is 12.9. The molecule has 0 saturated heterocycles. The first-order valence-electron chi connectivity index (χ1n) is 7.23. The zero-order valence-corrected chi connectivity index (χ0v) is 14.4. The van der Waals surface area contributed by atoms with Gasteiger partial charge in [-0.05, 0) is 29.3 Å². The maximum absolute atomic E-state index is 12.2. The Bertz CT molecular complexity index is 778. The fourth-order valence-electron chi connectivity index (χ4n) is 2.06. The van der Waals surface area contributed by atoms with E-state index >= 15 is 0 Å². The van der Waals surface area contributed by atoms with Gasteiger partial charge in [0.25, 0.3) is 0 Å². The largest absolute Gasteiger partial charge is 0.471 e. The van der Waals surface area contributed by atoms with E-state index in [4.69, 9.17) is 0 Å². The van der Waals surface area contributed by atoms with Crippen molar-refractivity contribution in [1.82, 2.24) is 5.32 Å². The number of carbonyl (C=O) groups excluding carboxylic acids is 2. The van der Waals surface area contributed by atoms with Gasteiger partial charge in [0.15, 0.2) is 0 Å². The number of benzene rings is 2. The molecule has 0 unspecified atom stereocenters. The molecule has 4 nitrogen and oxygen atoms in total. The molecule has 0 fully saturated rings. The van der Waals surface area contributed by atoms with Crippen molar-refractivity contribution in [3.05, 3.63) is 64.1 Å². The Hall–Kier alpha value is -2.35. The van der Waals surface area contributed by atoms with E-state index in [1.54, 1.807) is 23.5 Å². The van der Waals surface area contributed by atoms with Crippen LogP contribution in [0.25, 0.3) is 0 Å². The SMILES string of the molecule is O=C(Cc1ccccc1Br)Nc1cccc(CNC(=O)C(F)(F)F)c1. The number of alkyl halides is 3. The summed E-state index contributed by atoms with van der Waals surface area (Å²) in [7, 11) is 0. The third-order valence-electron chi connectivity index (χ3n) is 3.23. The molecule has 132 valence electrons. The number of rotatable bonds is 5. The van der Waals surface area contributed by atoms with Gasteiger partial charge >= 0.3 is 12.1 Å². The Morgan fingerprint density at radius 1 is 1.04 bits per heavy atom. The number of nitrogens with one attached hydrogen (secondary N) is 2. The molecule has 2 aromatic carbocycles. The fraction of sp³-hybridized carbons (Fsp3) is 0.176. The van der Waals surface area contributed by atoms with Crippen LogP contribution in [0.3, 0.4) is 0 Å². The van der Waals surface area contributed by atoms with Gasteiger partial charge in [-0.2, -0.15) is 13.2 Å². The summed E-state index contributed by atoms with van der Waals surface area (Å²) in [5.41, 5.74) is 1.70. The molecule has 0 saturated carbocycles. The van der Waals surface area contributed by atoms with Crippen molar-refractivity contribution in [2.75, 3.05) is 5.32 Å². The van der Waals surface area contributed by atoms with Gasteiger partial charge in [-0.25, -0.2) is 0 Å². The van der Waals surface area contributed by atoms with Crippen LogP contribution in [0.4, 0.5) is 18.9 Å². The molecule has 0 radical (unpaired) electrons. The molecule has 25 heavy (non-hydrogen) atoms. The Labute approximate surface area is 150 Å². The fourth-order valence-corrected chi connectivity index (χ4v) is 2.49. The summed E-state index contributed by atoms with van der Waals surface area (Å²) < 4.78 is 37.3. The second-order valence-electron chi connectivity index (χ2n) is 5.20. The number of anilines is 1. The molecule has 0 atom stereocenters. The molecular formula is C17H14BrF3N2O2. The van der Waals surface area contributed by atoms with E-state index in [2.05, 4.69) is 21.2 Å². The Balaban J connectivity index is 1.96. The van der Waals surface area contributed by atoms with E-state index < -0.39 is 12.1 Å². The molecule has 0 heterocycles. The first-order valence-corrected chi connectivity index (χ1v) is 8.02. The summed E-state index contributed by atoms with van der Waals surface area (Å²) in [6.07, 6.45) is -4.77. The molecule has 0 aromatic heterocycles. The van der Waals surface area contributed by atoms with Crippen LogP contribution in [-0.2, 0) is 22.6 Å². The summed E-state index contributed by atoms with van der Waals surface area (Å²) in [6, 6.07) is 13.6. The van der Waals surface area contributed by atoms with Gasteiger partial charge in [-0.1, -0.05) is 46.3 Å². The average Bonchev–Trinajstić information content (AvgIpc) is 2.54. The first kappa shape index (κ1) is 19.0. The summed E-state index contributed by atoms with van der Waals surface area (Å²) >= 11 is 3.36. The van der Waals surface area contributed by atoms with Crippen LogP contribution < -0.4 is 10.6 Å². The van der Waals surface area contributed by atoms with Crippen molar-refractivity contribution in [3.63, 3.8) is 0 Å². The standard InChI is InChI=1S/C17H14BrF3N2O2/c18-14-7-2-1-5-12(14)9-15(24)23-13-6-3-4-11(8-13)10-22-16(25)17(19,20)21/h1-8H,9-10H2,(H,22,25)(H,23,24). The molecule has 0 spiro atoms. The predicted molar refractivity (Wildman–Crippen MR) is 90.8 cm³/mol. The Kier molecular flexibility index (Phi) is 6.19. The van der Waals surface area contributed by atoms with Crippen LogP contribution in [0.5, 0.6) is 0 Å². The van der Waals surface area contributed by atoms with Crippen molar-refractivity contribution in [1.29, 1.82) is 0 Å². The van der Waals surface area contributed by atoms with E-state index in [1.807, 2.05) is 24.3 Å². The molecule has 2 aromatic rings. The van der Waals surface area contributed by atoms with Crippen LogP contribution in [0.1, 0.15) is 11.1 Å². The lowest BCUT2D eigenvalue weighted by Crippen LogP contribution is -2.36. The number of halogens is 4. The molecule has 8 heteroatoms. The number of amides is 2. The maximum Gasteiger partial charge on any atom is 0.471 e. The van der Waals surface area contributed by atoms with Gasteiger partial charge in [0.2, 0.25) is 5.91 Å². The molecule has 0 bridgehead atoms. The van der Waals surface area contributed by atoms with Crippen LogP contribution >= 0.6 is 15.9 Å². The van der Waals surface area contributed by atoms with Crippen molar-refractivity contribution in [2.24, 2.45) is 0 Å². The monoisotopic (exact) mass is 414 g/mol. The Morgan fingerprint density at radius 3 is 2.44 bits per heavy atom. The highest BCUT2D eigenvalue weighted by molar-refractivity contribution is 9.10. The minimum absolute atomic E-state index is 0.149. The van der Waals surface area contributed by atoms with E-state index in [0.29, 0.717) is 11.3 Å². The number of carbonyl (C=O) groups is 2. The lowest BCUT2D eigenvalue weighted by molar-refractivity contribution is -0.173. The van der Waals surface area contributed by atoms with E-state index in [9.17, 15) is 22.8 Å². The van der Waals surface area contributed by atoms with Crippen LogP contribution in [0, 0.1) is 0 Å². The molecule has 0 aliphatic rings. The minimum atomic E-state index is -4.92. The van der Waals surface area contributed by atoms with Crippen molar-refractivity contribution in [3.8, 4) is 0 Å². The molecule has 0 aliphatic heterocycles. The third-order valence-corrected chi connectivity index (χ3v) is 4.00. The second kappa shape index (κ2) is 8.15. The quantitative estimate of drug-likeness (QED) is 0.781. The van der Waals surface area contributed by atoms with Gasteiger partial charge in [0.1, 0.15) is 0 Å². The maximum atomic E-state index is 12.2. The molecule has 2 amide bonds. The number of hydrogen-bond acceptors (Lipinski definition) is 2.